The summed E-state index contributed by atoms with van der Waals surface area (Å²) in [5.74, 6) is 2.44. The van der Waals surface area contributed by atoms with E-state index in [4.69, 9.17) is 14.7 Å². The lowest BCUT2D eigenvalue weighted by Gasteiger charge is -2.27. The maximum atomic E-state index is 12.8. The van der Waals surface area contributed by atoms with Crippen LogP contribution in [0.3, 0.4) is 0 Å². The molecule has 7 rings (SSSR count). The normalized spacial score (nSPS) is 17.7. The third kappa shape index (κ3) is 5.63. The molecule has 1 aliphatic carbocycles. The molecule has 0 spiro atoms. The number of likely N-dealkylation sites (tertiary alicyclic amines) is 1. The number of hydrogen-bond donors (Lipinski definition) is 2. The minimum Gasteiger partial charge on any atom is -0.444 e. The summed E-state index contributed by atoms with van der Waals surface area (Å²) in [5.41, 5.74) is 7.00. The van der Waals surface area contributed by atoms with Crippen LogP contribution in [0.1, 0.15) is 82.9 Å². The van der Waals surface area contributed by atoms with Gasteiger partial charge in [0.1, 0.15) is 17.2 Å². The number of H-pyrrole nitrogens is 2. The molecule has 1 amide bonds. The Bertz CT molecular complexity index is 1760. The Balaban J connectivity index is 1.06. The number of hydrogen-bond acceptors (Lipinski definition) is 6. The lowest BCUT2D eigenvalue weighted by Crippen LogP contribution is -2.36. The number of nitrogens with one attached hydrogen (secondary N) is 2. The predicted molar refractivity (Wildman–Crippen MR) is 166 cm³/mol. The molecule has 2 fully saturated rings. The minimum atomic E-state index is -0.530. The van der Waals surface area contributed by atoms with Crippen LogP contribution < -0.4 is 0 Å². The first-order valence-electron chi connectivity index (χ1n) is 15.3. The molecule has 43 heavy (non-hydrogen) atoms. The van der Waals surface area contributed by atoms with Crippen molar-refractivity contribution in [2.75, 3.05) is 6.54 Å². The van der Waals surface area contributed by atoms with Gasteiger partial charge in [-0.2, -0.15) is 0 Å². The lowest BCUT2D eigenvalue weighted by molar-refractivity contribution is 0.0218. The number of ether oxygens (including phenoxy) is 1. The Morgan fingerprint density at radius 1 is 0.791 bits per heavy atom. The summed E-state index contributed by atoms with van der Waals surface area (Å²) in [6, 6.07) is 14.3. The number of rotatable bonds is 5. The molecule has 0 bridgehead atoms. The fraction of sp³-hybridized carbons (Fsp3) is 0.382. The molecular weight excluding hydrogens is 538 g/mol. The van der Waals surface area contributed by atoms with Crippen molar-refractivity contribution in [3.63, 3.8) is 0 Å². The van der Waals surface area contributed by atoms with Crippen molar-refractivity contribution < 1.29 is 9.53 Å². The third-order valence-corrected chi connectivity index (χ3v) is 8.47. The summed E-state index contributed by atoms with van der Waals surface area (Å²) in [4.78, 5) is 40.4. The summed E-state index contributed by atoms with van der Waals surface area (Å²) < 4.78 is 5.62. The molecule has 1 aliphatic heterocycles. The Morgan fingerprint density at radius 2 is 1.47 bits per heavy atom. The van der Waals surface area contributed by atoms with Crippen molar-refractivity contribution in [2.45, 2.75) is 76.9 Å². The first kappa shape index (κ1) is 27.3. The Labute approximate surface area is 251 Å². The van der Waals surface area contributed by atoms with Gasteiger partial charge in [0.25, 0.3) is 0 Å². The maximum Gasteiger partial charge on any atom is 0.410 e. The third-order valence-electron chi connectivity index (χ3n) is 8.47. The van der Waals surface area contributed by atoms with Crippen LogP contribution in [0.4, 0.5) is 4.79 Å². The smallest absolute Gasteiger partial charge is 0.410 e. The van der Waals surface area contributed by atoms with Gasteiger partial charge in [0.15, 0.2) is 0 Å². The van der Waals surface area contributed by atoms with Crippen LogP contribution in [0.5, 0.6) is 0 Å². The zero-order chi connectivity index (χ0) is 29.6. The van der Waals surface area contributed by atoms with E-state index in [1.165, 1.54) is 25.7 Å². The number of fused-ring (bicyclic) bond motifs is 1. The zero-order valence-electron chi connectivity index (χ0n) is 24.9. The van der Waals surface area contributed by atoms with Crippen molar-refractivity contribution in [1.29, 1.82) is 0 Å². The highest BCUT2D eigenvalue weighted by Gasteiger charge is 2.34. The molecule has 1 saturated carbocycles. The SMILES string of the molecule is CC(C)(C)OC(=O)N1CCCC1c1ncc(-c2ccc(-c3cnc4cc(-c5cnc(C6CCCC6)[nH]5)ccc4n3)cc2)[nH]1. The number of amides is 1. The number of aromatic amines is 2. The molecule has 1 atom stereocenters. The van der Waals surface area contributed by atoms with E-state index in [9.17, 15) is 4.79 Å². The van der Waals surface area contributed by atoms with Crippen LogP contribution in [0.15, 0.2) is 61.1 Å². The lowest BCUT2D eigenvalue weighted by atomic mass is 10.1. The van der Waals surface area contributed by atoms with E-state index in [0.29, 0.717) is 12.5 Å². The van der Waals surface area contributed by atoms with Gasteiger partial charge >= 0.3 is 6.09 Å². The molecule has 4 heterocycles. The largest absolute Gasteiger partial charge is 0.444 e. The molecule has 1 saturated heterocycles. The van der Waals surface area contributed by atoms with Crippen molar-refractivity contribution in [3.05, 3.63) is 72.7 Å². The Hall–Kier alpha value is -4.53. The molecule has 5 aromatic rings. The van der Waals surface area contributed by atoms with Gasteiger partial charge in [-0.25, -0.2) is 19.7 Å². The van der Waals surface area contributed by atoms with Crippen LogP contribution in [0.25, 0.3) is 44.8 Å². The molecule has 3 aromatic heterocycles. The topological polar surface area (TPSA) is 113 Å². The van der Waals surface area contributed by atoms with Crippen molar-refractivity contribution in [2.24, 2.45) is 0 Å². The van der Waals surface area contributed by atoms with Gasteiger partial charge in [-0.05, 0) is 64.2 Å². The molecular formula is C34H37N7O2. The molecule has 2 N–H and O–H groups in total. The van der Waals surface area contributed by atoms with E-state index in [1.54, 1.807) is 4.90 Å². The second-order valence-corrected chi connectivity index (χ2v) is 12.7. The van der Waals surface area contributed by atoms with Gasteiger partial charge in [-0.1, -0.05) is 43.2 Å². The molecule has 220 valence electrons. The average Bonchev–Trinajstić information content (AvgIpc) is 3.82. The highest BCUT2D eigenvalue weighted by Crippen LogP contribution is 2.35. The number of carbonyl (C=O) groups is 1. The van der Waals surface area contributed by atoms with E-state index in [1.807, 2.05) is 45.4 Å². The van der Waals surface area contributed by atoms with E-state index >= 15 is 0 Å². The highest BCUT2D eigenvalue weighted by molar-refractivity contribution is 5.82. The second kappa shape index (κ2) is 10.9. The fourth-order valence-corrected chi connectivity index (χ4v) is 6.27. The highest BCUT2D eigenvalue weighted by atomic mass is 16.6. The van der Waals surface area contributed by atoms with Gasteiger partial charge in [0.05, 0.1) is 52.7 Å². The van der Waals surface area contributed by atoms with Crippen molar-refractivity contribution in [1.82, 2.24) is 34.8 Å². The van der Waals surface area contributed by atoms with Gasteiger partial charge in [-0.3, -0.25) is 9.88 Å². The van der Waals surface area contributed by atoms with Gasteiger partial charge < -0.3 is 14.7 Å². The van der Waals surface area contributed by atoms with E-state index in [-0.39, 0.29) is 12.1 Å². The van der Waals surface area contributed by atoms with E-state index < -0.39 is 5.60 Å². The minimum absolute atomic E-state index is 0.112. The van der Waals surface area contributed by atoms with Gasteiger partial charge in [0.2, 0.25) is 0 Å². The fourth-order valence-electron chi connectivity index (χ4n) is 6.27. The summed E-state index contributed by atoms with van der Waals surface area (Å²) in [5, 5.41) is 0. The van der Waals surface area contributed by atoms with Crippen LogP contribution in [-0.2, 0) is 4.74 Å². The molecule has 0 radical (unpaired) electrons. The zero-order valence-corrected chi connectivity index (χ0v) is 24.9. The molecule has 9 heteroatoms. The number of aromatic nitrogens is 6. The number of imidazole rings is 2. The maximum absolute atomic E-state index is 12.8. The Morgan fingerprint density at radius 3 is 2.23 bits per heavy atom. The standard InChI is InChI=1S/C34H37N7O2/c1-34(2,3)43-33(42)41-16-6-9-30(41)32-37-19-28(40-32)22-12-10-21(11-13-22)27-18-35-26-17-24(14-15-25(26)38-27)29-20-36-31(39-29)23-7-4-5-8-23/h10-15,17-20,23,30H,4-9,16H2,1-3H3,(H,36,39)(H,37,40). The van der Waals surface area contributed by atoms with Gasteiger partial charge in [-0.15, -0.1) is 0 Å². The number of nitrogens with zero attached hydrogens (tertiary/aromatic N) is 5. The van der Waals surface area contributed by atoms with Crippen LogP contribution in [0.2, 0.25) is 0 Å². The van der Waals surface area contributed by atoms with Crippen LogP contribution >= 0.6 is 0 Å². The molecule has 2 aromatic carbocycles. The van der Waals surface area contributed by atoms with Crippen molar-refractivity contribution >= 4 is 17.1 Å². The van der Waals surface area contributed by atoms with Crippen LogP contribution in [-0.4, -0.2) is 53.0 Å². The summed E-state index contributed by atoms with van der Waals surface area (Å²) >= 11 is 0. The number of benzene rings is 2. The van der Waals surface area contributed by atoms with Crippen molar-refractivity contribution in [3.8, 4) is 33.8 Å². The molecule has 1 unspecified atom stereocenters. The van der Waals surface area contributed by atoms with E-state index in [0.717, 1.165) is 69.3 Å². The number of carbonyl (C=O) groups excluding carboxylic acids is 1. The average molecular weight is 576 g/mol. The quantitative estimate of drug-likeness (QED) is 0.221. The monoisotopic (exact) mass is 575 g/mol. The Kier molecular flexibility index (Phi) is 6.95. The first-order chi connectivity index (χ1) is 20.8. The van der Waals surface area contributed by atoms with E-state index in [2.05, 4.69) is 56.3 Å². The summed E-state index contributed by atoms with van der Waals surface area (Å²) in [6.45, 7) is 6.33. The summed E-state index contributed by atoms with van der Waals surface area (Å²) in [6.07, 6.45) is 12.1. The molecule has 9 nitrogen and oxygen atoms in total. The first-order valence-corrected chi connectivity index (χ1v) is 15.3. The van der Waals surface area contributed by atoms with Crippen LogP contribution in [0, 0.1) is 0 Å². The summed E-state index contributed by atoms with van der Waals surface area (Å²) in [7, 11) is 0. The van der Waals surface area contributed by atoms with Gasteiger partial charge in [0, 0.05) is 23.6 Å². The molecule has 2 aliphatic rings. The predicted octanol–water partition coefficient (Wildman–Crippen LogP) is 7.81. The second-order valence-electron chi connectivity index (χ2n) is 12.7.